The summed E-state index contributed by atoms with van der Waals surface area (Å²) in [6, 6.07) is 5.83. The molecule has 4 aromatic rings. The number of pyridine rings is 1. The highest BCUT2D eigenvalue weighted by atomic mass is 16.7. The highest BCUT2D eigenvalue weighted by molar-refractivity contribution is 6.02. The van der Waals surface area contributed by atoms with Crippen LogP contribution >= 0.6 is 0 Å². The van der Waals surface area contributed by atoms with Gasteiger partial charge in [0, 0.05) is 31.8 Å². The minimum Gasteiger partial charge on any atom is -0.351 e. The lowest BCUT2D eigenvalue weighted by Crippen LogP contribution is -2.24. The van der Waals surface area contributed by atoms with Crippen molar-refractivity contribution in [2.45, 2.75) is 33.2 Å². The standard InChI is InChI=1S/C20H24N8O3/c1-3-30-19(31-4-2)14-28-13-17(24-25-28)20(29)23-15-9-21-27(11-15)12-16-10-26-8-6-5-7-18(26)22-16/h5-11,13,19H,3-4,12,14H2,1-2H3,(H,23,29). The molecule has 1 N–H and O–H groups in total. The molecule has 31 heavy (non-hydrogen) atoms. The van der Waals surface area contributed by atoms with Crippen molar-refractivity contribution in [3.8, 4) is 0 Å². The minimum absolute atomic E-state index is 0.194. The van der Waals surface area contributed by atoms with Crippen molar-refractivity contribution < 1.29 is 14.3 Å². The number of imidazole rings is 1. The van der Waals surface area contributed by atoms with Gasteiger partial charge in [0.2, 0.25) is 0 Å². The van der Waals surface area contributed by atoms with E-state index in [-0.39, 0.29) is 11.6 Å². The maximum Gasteiger partial charge on any atom is 0.277 e. The fraction of sp³-hybridized carbons (Fsp3) is 0.350. The third-order valence-corrected chi connectivity index (χ3v) is 4.44. The molecule has 0 unspecified atom stereocenters. The van der Waals surface area contributed by atoms with Crippen LogP contribution < -0.4 is 5.32 Å². The molecule has 0 spiro atoms. The van der Waals surface area contributed by atoms with E-state index in [1.165, 1.54) is 4.68 Å². The van der Waals surface area contributed by atoms with Crippen molar-refractivity contribution in [3.05, 3.63) is 60.6 Å². The average Bonchev–Trinajstić information content (AvgIpc) is 3.48. The Labute approximate surface area is 178 Å². The van der Waals surface area contributed by atoms with Gasteiger partial charge in [0.15, 0.2) is 12.0 Å². The highest BCUT2D eigenvalue weighted by Crippen LogP contribution is 2.11. The smallest absolute Gasteiger partial charge is 0.277 e. The lowest BCUT2D eigenvalue weighted by molar-refractivity contribution is -0.145. The Morgan fingerprint density at radius 3 is 2.74 bits per heavy atom. The van der Waals surface area contributed by atoms with E-state index in [1.807, 2.05) is 48.8 Å². The molecule has 11 nitrogen and oxygen atoms in total. The summed E-state index contributed by atoms with van der Waals surface area (Å²) in [6.45, 7) is 5.66. The minimum atomic E-state index is -0.439. The van der Waals surface area contributed by atoms with Gasteiger partial charge in [-0.05, 0) is 26.0 Å². The Bertz CT molecular complexity index is 1110. The van der Waals surface area contributed by atoms with E-state index in [4.69, 9.17) is 9.47 Å². The van der Waals surface area contributed by atoms with Gasteiger partial charge in [-0.2, -0.15) is 5.10 Å². The third-order valence-electron chi connectivity index (χ3n) is 4.44. The van der Waals surface area contributed by atoms with Crippen LogP contribution in [0.25, 0.3) is 5.65 Å². The van der Waals surface area contributed by atoms with E-state index < -0.39 is 6.29 Å². The SMILES string of the molecule is CCOC(Cn1cc(C(=O)Nc2cnn(Cc3cn4ccccc4n3)c2)nn1)OCC. The molecule has 4 rings (SSSR count). The van der Waals surface area contributed by atoms with Crippen LogP contribution in [0, 0.1) is 0 Å². The zero-order valence-corrected chi connectivity index (χ0v) is 17.4. The Morgan fingerprint density at radius 1 is 1.13 bits per heavy atom. The Balaban J connectivity index is 1.36. The molecule has 0 fully saturated rings. The maximum absolute atomic E-state index is 12.5. The number of carbonyl (C=O) groups excluding carboxylic acids is 1. The van der Waals surface area contributed by atoms with Crippen LogP contribution in [0.5, 0.6) is 0 Å². The molecular weight excluding hydrogens is 400 g/mol. The predicted octanol–water partition coefficient (Wildman–Crippen LogP) is 1.82. The quantitative estimate of drug-likeness (QED) is 0.386. The lowest BCUT2D eigenvalue weighted by atomic mass is 10.4. The molecule has 11 heteroatoms. The molecule has 4 aromatic heterocycles. The largest absolute Gasteiger partial charge is 0.351 e. The summed E-state index contributed by atoms with van der Waals surface area (Å²) in [5.74, 6) is -0.372. The number of ether oxygens (including phenoxy) is 2. The number of fused-ring (bicyclic) bond motifs is 1. The van der Waals surface area contributed by atoms with Crippen LogP contribution in [-0.4, -0.2) is 59.6 Å². The molecule has 0 aliphatic heterocycles. The fourth-order valence-corrected chi connectivity index (χ4v) is 3.11. The Kier molecular flexibility index (Phi) is 6.34. The van der Waals surface area contributed by atoms with Crippen molar-refractivity contribution in [2.75, 3.05) is 18.5 Å². The van der Waals surface area contributed by atoms with Crippen LogP contribution in [0.15, 0.2) is 49.2 Å². The number of nitrogens with zero attached hydrogens (tertiary/aromatic N) is 7. The van der Waals surface area contributed by atoms with Crippen LogP contribution in [-0.2, 0) is 22.6 Å². The second kappa shape index (κ2) is 9.49. The van der Waals surface area contributed by atoms with Crippen LogP contribution in [0.1, 0.15) is 30.0 Å². The van der Waals surface area contributed by atoms with Crippen LogP contribution in [0.4, 0.5) is 5.69 Å². The topological polar surface area (TPSA) is 113 Å². The van der Waals surface area contributed by atoms with Crippen molar-refractivity contribution in [1.82, 2.24) is 34.2 Å². The van der Waals surface area contributed by atoms with E-state index in [1.54, 1.807) is 23.3 Å². The normalized spacial score (nSPS) is 11.5. The zero-order chi connectivity index (χ0) is 21.6. The molecule has 0 bridgehead atoms. The van der Waals surface area contributed by atoms with Crippen LogP contribution in [0.3, 0.4) is 0 Å². The van der Waals surface area contributed by atoms with E-state index in [0.717, 1.165) is 11.3 Å². The van der Waals surface area contributed by atoms with Gasteiger partial charge in [-0.3, -0.25) is 9.48 Å². The fourth-order valence-electron chi connectivity index (χ4n) is 3.11. The molecule has 1 amide bonds. The van der Waals surface area contributed by atoms with Crippen molar-refractivity contribution in [1.29, 1.82) is 0 Å². The first-order valence-corrected chi connectivity index (χ1v) is 10.0. The summed E-state index contributed by atoms with van der Waals surface area (Å²) in [5, 5.41) is 15.0. The first kappa shape index (κ1) is 20.7. The van der Waals surface area contributed by atoms with Gasteiger partial charge in [-0.25, -0.2) is 9.67 Å². The molecule has 4 heterocycles. The number of carbonyl (C=O) groups is 1. The molecule has 0 saturated carbocycles. The van der Waals surface area contributed by atoms with Crippen molar-refractivity contribution in [2.24, 2.45) is 0 Å². The highest BCUT2D eigenvalue weighted by Gasteiger charge is 2.15. The second-order valence-electron chi connectivity index (χ2n) is 6.75. The zero-order valence-electron chi connectivity index (χ0n) is 17.4. The third kappa shape index (κ3) is 5.13. The molecular formula is C20H24N8O3. The van der Waals surface area contributed by atoms with Gasteiger partial charge in [0.05, 0.1) is 36.9 Å². The van der Waals surface area contributed by atoms with E-state index in [0.29, 0.717) is 32.0 Å². The first-order chi connectivity index (χ1) is 15.1. The van der Waals surface area contributed by atoms with E-state index in [9.17, 15) is 4.79 Å². The predicted molar refractivity (Wildman–Crippen MR) is 112 cm³/mol. The molecule has 162 valence electrons. The van der Waals surface area contributed by atoms with Crippen molar-refractivity contribution >= 4 is 17.2 Å². The first-order valence-electron chi connectivity index (χ1n) is 10.0. The number of hydrogen-bond acceptors (Lipinski definition) is 7. The molecule has 0 aromatic carbocycles. The summed E-state index contributed by atoms with van der Waals surface area (Å²) in [4.78, 5) is 17.1. The van der Waals surface area contributed by atoms with E-state index in [2.05, 4.69) is 25.7 Å². The molecule has 0 aliphatic rings. The monoisotopic (exact) mass is 424 g/mol. The van der Waals surface area contributed by atoms with Gasteiger partial charge >= 0.3 is 0 Å². The van der Waals surface area contributed by atoms with Crippen LogP contribution in [0.2, 0.25) is 0 Å². The summed E-state index contributed by atoms with van der Waals surface area (Å²) < 4.78 is 16.2. The molecule has 0 saturated heterocycles. The second-order valence-corrected chi connectivity index (χ2v) is 6.75. The van der Waals surface area contributed by atoms with Crippen molar-refractivity contribution in [3.63, 3.8) is 0 Å². The summed E-state index contributed by atoms with van der Waals surface area (Å²) in [7, 11) is 0. The lowest BCUT2D eigenvalue weighted by Gasteiger charge is -2.16. The Morgan fingerprint density at radius 2 is 1.97 bits per heavy atom. The average molecular weight is 424 g/mol. The van der Waals surface area contributed by atoms with Gasteiger partial charge in [-0.1, -0.05) is 11.3 Å². The van der Waals surface area contributed by atoms with Gasteiger partial charge in [-0.15, -0.1) is 5.10 Å². The number of hydrogen-bond donors (Lipinski definition) is 1. The number of amides is 1. The molecule has 0 aliphatic carbocycles. The Hall–Kier alpha value is -3.57. The summed E-state index contributed by atoms with van der Waals surface area (Å²) in [6.07, 6.45) is 8.33. The van der Waals surface area contributed by atoms with E-state index >= 15 is 0 Å². The summed E-state index contributed by atoms with van der Waals surface area (Å²) >= 11 is 0. The summed E-state index contributed by atoms with van der Waals surface area (Å²) in [5.41, 5.74) is 2.50. The maximum atomic E-state index is 12.5. The number of rotatable bonds is 10. The molecule has 0 atom stereocenters. The molecule has 0 radical (unpaired) electrons. The number of aromatic nitrogens is 7. The van der Waals surface area contributed by atoms with Gasteiger partial charge < -0.3 is 19.2 Å². The number of anilines is 1. The van der Waals surface area contributed by atoms with Gasteiger partial charge in [0.1, 0.15) is 5.65 Å². The van der Waals surface area contributed by atoms with Gasteiger partial charge in [0.25, 0.3) is 5.91 Å². The number of nitrogens with one attached hydrogen (secondary N) is 1.